The number of rotatable bonds is 3. The molecule has 3 rings (SSSR count). The molecule has 0 atom stereocenters. The average Bonchev–Trinajstić information content (AvgIpc) is 2.90. The van der Waals surface area contributed by atoms with Crippen LogP contribution in [0.5, 0.6) is 5.75 Å². The molecule has 1 aliphatic heterocycles. The first kappa shape index (κ1) is 15.8. The van der Waals surface area contributed by atoms with E-state index in [1.165, 1.54) is 11.8 Å². The van der Waals surface area contributed by atoms with Crippen molar-refractivity contribution in [1.29, 1.82) is 0 Å². The third kappa shape index (κ3) is 3.65. The number of nitrogens with one attached hydrogen (secondary N) is 1. The van der Waals surface area contributed by atoms with Crippen LogP contribution in [-0.4, -0.2) is 18.2 Å². The minimum atomic E-state index is -0.160. The maximum absolute atomic E-state index is 12.1. The van der Waals surface area contributed by atoms with Crippen LogP contribution < -0.4 is 10.1 Å². The maximum atomic E-state index is 12.1. The normalized spacial score (nSPS) is 17.6. The number of amides is 1. The number of carbonyl (C=O) groups excluding carboxylic acids is 1. The molecular weight excluding hydrogens is 376 g/mol. The lowest BCUT2D eigenvalue weighted by Gasteiger charge is -2.03. The summed E-state index contributed by atoms with van der Waals surface area (Å²) in [6.07, 6.45) is 1.81. The van der Waals surface area contributed by atoms with Gasteiger partial charge in [-0.2, -0.15) is 0 Å². The van der Waals surface area contributed by atoms with Gasteiger partial charge in [-0.3, -0.25) is 4.79 Å². The van der Waals surface area contributed by atoms with E-state index in [2.05, 4.69) is 26.2 Å². The fourth-order valence-corrected chi connectivity index (χ4v) is 3.26. The van der Waals surface area contributed by atoms with Crippen LogP contribution in [0.25, 0.3) is 6.08 Å². The largest absolute Gasteiger partial charge is 0.496 e. The van der Waals surface area contributed by atoms with Gasteiger partial charge in [-0.25, -0.2) is 4.99 Å². The zero-order valence-electron chi connectivity index (χ0n) is 12.2. The highest BCUT2D eigenvalue weighted by Crippen LogP contribution is 2.32. The van der Waals surface area contributed by atoms with Crippen LogP contribution in [0.3, 0.4) is 0 Å². The lowest BCUT2D eigenvalue weighted by molar-refractivity contribution is -0.115. The Morgan fingerprint density at radius 3 is 2.70 bits per heavy atom. The molecule has 1 heterocycles. The molecule has 1 amide bonds. The molecule has 1 aliphatic rings. The van der Waals surface area contributed by atoms with Crippen LogP contribution in [0.1, 0.15) is 5.56 Å². The van der Waals surface area contributed by atoms with Gasteiger partial charge in [0.05, 0.1) is 17.7 Å². The summed E-state index contributed by atoms with van der Waals surface area (Å²) in [6.45, 7) is 0. The second-order valence-electron chi connectivity index (χ2n) is 4.68. The first-order chi connectivity index (χ1) is 11.2. The van der Waals surface area contributed by atoms with E-state index >= 15 is 0 Å². The van der Waals surface area contributed by atoms with Crippen LogP contribution in [0.2, 0.25) is 0 Å². The quantitative estimate of drug-likeness (QED) is 0.795. The second-order valence-corrected chi connectivity index (χ2v) is 6.56. The van der Waals surface area contributed by atoms with E-state index in [0.717, 1.165) is 21.5 Å². The van der Waals surface area contributed by atoms with Gasteiger partial charge in [0.25, 0.3) is 5.91 Å². The Labute approximate surface area is 146 Å². The summed E-state index contributed by atoms with van der Waals surface area (Å²) in [5.41, 5.74) is 1.63. The van der Waals surface area contributed by atoms with Gasteiger partial charge < -0.3 is 10.1 Å². The maximum Gasteiger partial charge on any atom is 0.264 e. The van der Waals surface area contributed by atoms with E-state index in [1.54, 1.807) is 13.2 Å². The molecule has 0 radical (unpaired) electrons. The number of para-hydroxylation sites is 2. The third-order valence-corrected chi connectivity index (χ3v) is 4.73. The Bertz CT molecular complexity index is 818. The highest BCUT2D eigenvalue weighted by atomic mass is 79.9. The van der Waals surface area contributed by atoms with Gasteiger partial charge in [0.15, 0.2) is 5.17 Å². The van der Waals surface area contributed by atoms with Crippen molar-refractivity contribution in [3.8, 4) is 5.75 Å². The number of nitrogens with zero attached hydrogens (tertiary/aromatic N) is 1. The monoisotopic (exact) mass is 388 g/mol. The van der Waals surface area contributed by atoms with Crippen LogP contribution in [-0.2, 0) is 4.79 Å². The van der Waals surface area contributed by atoms with Gasteiger partial charge in [-0.15, -0.1) is 0 Å². The zero-order chi connectivity index (χ0) is 16.2. The SMILES string of the molecule is COc1ccccc1/C=C1\SC(=Nc2ccccc2Br)NC1=O. The van der Waals surface area contributed by atoms with Crippen LogP contribution >= 0.6 is 27.7 Å². The molecule has 1 fully saturated rings. The molecule has 6 heteroatoms. The number of benzene rings is 2. The smallest absolute Gasteiger partial charge is 0.264 e. The van der Waals surface area contributed by atoms with Crippen molar-refractivity contribution in [2.45, 2.75) is 0 Å². The molecule has 0 aromatic heterocycles. The number of thioether (sulfide) groups is 1. The molecule has 2 aromatic carbocycles. The van der Waals surface area contributed by atoms with Gasteiger partial charge >= 0.3 is 0 Å². The lowest BCUT2D eigenvalue weighted by atomic mass is 10.2. The van der Waals surface area contributed by atoms with Crippen molar-refractivity contribution in [2.24, 2.45) is 4.99 Å². The zero-order valence-corrected chi connectivity index (χ0v) is 14.6. The predicted molar refractivity (Wildman–Crippen MR) is 97.9 cm³/mol. The van der Waals surface area contributed by atoms with Gasteiger partial charge in [0.2, 0.25) is 0 Å². The number of hydrogen-bond donors (Lipinski definition) is 1. The van der Waals surface area contributed by atoms with Crippen LogP contribution in [0.15, 0.2) is 62.9 Å². The van der Waals surface area contributed by atoms with Gasteiger partial charge in [-0.05, 0) is 52.0 Å². The topological polar surface area (TPSA) is 50.7 Å². The number of amidine groups is 1. The van der Waals surface area contributed by atoms with Crippen molar-refractivity contribution < 1.29 is 9.53 Å². The Balaban J connectivity index is 1.88. The fraction of sp³-hybridized carbons (Fsp3) is 0.0588. The van der Waals surface area contributed by atoms with E-state index < -0.39 is 0 Å². The van der Waals surface area contributed by atoms with E-state index in [1.807, 2.05) is 48.5 Å². The Morgan fingerprint density at radius 2 is 1.91 bits per heavy atom. The highest BCUT2D eigenvalue weighted by molar-refractivity contribution is 9.10. The third-order valence-electron chi connectivity index (χ3n) is 3.15. The van der Waals surface area contributed by atoms with E-state index in [4.69, 9.17) is 4.74 Å². The Morgan fingerprint density at radius 1 is 1.17 bits per heavy atom. The van der Waals surface area contributed by atoms with Gasteiger partial charge in [-0.1, -0.05) is 30.3 Å². The number of methoxy groups -OCH3 is 1. The molecule has 0 bridgehead atoms. The number of hydrogen-bond acceptors (Lipinski definition) is 4. The molecule has 2 aromatic rings. The molecule has 0 unspecified atom stereocenters. The molecule has 0 saturated carbocycles. The van der Waals surface area contributed by atoms with E-state index in [-0.39, 0.29) is 5.91 Å². The summed E-state index contributed by atoms with van der Waals surface area (Å²) in [6, 6.07) is 15.2. The van der Waals surface area contributed by atoms with Crippen molar-refractivity contribution in [3.63, 3.8) is 0 Å². The van der Waals surface area contributed by atoms with Crippen molar-refractivity contribution in [3.05, 3.63) is 63.5 Å². The molecule has 1 saturated heterocycles. The number of aliphatic imine (C=N–C) groups is 1. The minimum Gasteiger partial charge on any atom is -0.496 e. The molecule has 116 valence electrons. The summed E-state index contributed by atoms with van der Waals surface area (Å²) in [4.78, 5) is 17.2. The fourth-order valence-electron chi connectivity index (χ4n) is 2.06. The first-order valence-electron chi connectivity index (χ1n) is 6.84. The summed E-state index contributed by atoms with van der Waals surface area (Å²) in [5, 5.41) is 3.34. The van der Waals surface area contributed by atoms with E-state index in [0.29, 0.717) is 10.1 Å². The second kappa shape index (κ2) is 7.02. The number of ether oxygens (including phenoxy) is 1. The predicted octanol–water partition coefficient (Wildman–Crippen LogP) is 4.35. The van der Waals surface area contributed by atoms with Crippen molar-refractivity contribution >= 4 is 50.5 Å². The molecule has 0 spiro atoms. The van der Waals surface area contributed by atoms with Gasteiger partial charge in [0.1, 0.15) is 5.75 Å². The average molecular weight is 389 g/mol. The van der Waals surface area contributed by atoms with Crippen LogP contribution in [0, 0.1) is 0 Å². The standard InChI is InChI=1S/C17H13BrN2O2S/c1-22-14-9-5-2-6-11(14)10-15-16(21)20-17(23-15)19-13-8-4-3-7-12(13)18/h2-10H,1H3,(H,19,20,21)/b15-10-. The summed E-state index contributed by atoms with van der Waals surface area (Å²) in [5.74, 6) is 0.566. The van der Waals surface area contributed by atoms with E-state index in [9.17, 15) is 4.79 Å². The molecular formula is C17H13BrN2O2S. The lowest BCUT2D eigenvalue weighted by Crippen LogP contribution is -2.19. The minimum absolute atomic E-state index is 0.160. The number of halogens is 1. The highest BCUT2D eigenvalue weighted by Gasteiger charge is 2.24. The van der Waals surface area contributed by atoms with Crippen molar-refractivity contribution in [1.82, 2.24) is 5.32 Å². The summed E-state index contributed by atoms with van der Waals surface area (Å²) >= 11 is 4.76. The Kier molecular flexibility index (Phi) is 4.83. The first-order valence-corrected chi connectivity index (χ1v) is 8.45. The van der Waals surface area contributed by atoms with Gasteiger partial charge in [0, 0.05) is 10.0 Å². The summed E-state index contributed by atoms with van der Waals surface area (Å²) < 4.78 is 6.19. The molecule has 1 N–H and O–H groups in total. The number of carbonyl (C=O) groups is 1. The molecule has 4 nitrogen and oxygen atoms in total. The molecule has 0 aliphatic carbocycles. The Hall–Kier alpha value is -2.05. The van der Waals surface area contributed by atoms with Crippen molar-refractivity contribution in [2.75, 3.05) is 7.11 Å². The molecule has 23 heavy (non-hydrogen) atoms. The van der Waals surface area contributed by atoms with Crippen LogP contribution in [0.4, 0.5) is 5.69 Å². The summed E-state index contributed by atoms with van der Waals surface area (Å²) in [7, 11) is 1.61.